The SMILES string of the molecule is CC[C@@H](C=O)NC(=O)[C@H](CC(C)C)NC(=O)[C@@H](NC(=O)[C@H](Cc1ccccc1C)NC(=O)[C@H](CCC(=O)O)NC(=O)[C@H](CC(=O)O)NC(=O)CCC(=O)O)C(C)(C)C. The van der Waals surface area contributed by atoms with Crippen molar-refractivity contribution in [3.05, 3.63) is 35.4 Å². The minimum Gasteiger partial charge on any atom is -0.481 e. The molecule has 0 spiro atoms. The Labute approximate surface area is 337 Å². The topological polar surface area (TPSA) is 304 Å². The third-order valence-electron chi connectivity index (χ3n) is 8.88. The second-order valence-corrected chi connectivity index (χ2v) is 15.5. The van der Waals surface area contributed by atoms with Crippen LogP contribution >= 0.6 is 0 Å². The van der Waals surface area contributed by atoms with Gasteiger partial charge in [0.05, 0.1) is 18.9 Å². The van der Waals surface area contributed by atoms with E-state index in [2.05, 4.69) is 31.9 Å². The quantitative estimate of drug-likeness (QED) is 0.0603. The predicted molar refractivity (Wildman–Crippen MR) is 208 cm³/mol. The van der Waals surface area contributed by atoms with Gasteiger partial charge in [0.15, 0.2) is 0 Å². The molecule has 6 amide bonds. The van der Waals surface area contributed by atoms with Crippen molar-refractivity contribution in [2.24, 2.45) is 11.3 Å². The lowest BCUT2D eigenvalue weighted by atomic mass is 9.85. The first-order chi connectivity index (χ1) is 27.0. The van der Waals surface area contributed by atoms with Crippen LogP contribution in [0.2, 0.25) is 0 Å². The van der Waals surface area contributed by atoms with Crippen LogP contribution in [0.5, 0.6) is 0 Å². The van der Waals surface area contributed by atoms with Crippen molar-refractivity contribution >= 4 is 59.6 Å². The average molecular weight is 819 g/mol. The van der Waals surface area contributed by atoms with Crippen molar-refractivity contribution in [1.82, 2.24) is 31.9 Å². The van der Waals surface area contributed by atoms with Crippen molar-refractivity contribution in [2.45, 2.75) is 136 Å². The summed E-state index contributed by atoms with van der Waals surface area (Å²) in [4.78, 5) is 126. The molecular weight excluding hydrogens is 760 g/mol. The summed E-state index contributed by atoms with van der Waals surface area (Å²) >= 11 is 0. The lowest BCUT2D eigenvalue weighted by Crippen LogP contribution is -2.62. The van der Waals surface area contributed by atoms with Crippen LogP contribution in [-0.2, 0) is 54.4 Å². The number of aryl methyl sites for hydroxylation is 1. The van der Waals surface area contributed by atoms with E-state index in [-0.39, 0.29) is 18.8 Å². The maximum Gasteiger partial charge on any atom is 0.305 e. The molecule has 0 aliphatic heterocycles. The van der Waals surface area contributed by atoms with Gasteiger partial charge in [-0.3, -0.25) is 43.2 Å². The maximum absolute atomic E-state index is 14.2. The molecule has 1 aromatic carbocycles. The summed E-state index contributed by atoms with van der Waals surface area (Å²) in [5, 5.41) is 42.5. The number of aliphatic carboxylic acids is 3. The highest BCUT2D eigenvalue weighted by atomic mass is 16.4. The van der Waals surface area contributed by atoms with E-state index in [1.54, 1.807) is 58.9 Å². The summed E-state index contributed by atoms with van der Waals surface area (Å²) in [7, 11) is 0. The van der Waals surface area contributed by atoms with E-state index < -0.39 is 127 Å². The van der Waals surface area contributed by atoms with Crippen molar-refractivity contribution in [3.63, 3.8) is 0 Å². The van der Waals surface area contributed by atoms with Gasteiger partial charge in [-0.15, -0.1) is 0 Å². The minimum absolute atomic E-state index is 0.0640. The number of carbonyl (C=O) groups is 10. The molecule has 19 nitrogen and oxygen atoms in total. The molecule has 0 saturated heterocycles. The van der Waals surface area contributed by atoms with Gasteiger partial charge in [-0.2, -0.15) is 0 Å². The van der Waals surface area contributed by atoms with Crippen molar-refractivity contribution in [2.75, 3.05) is 0 Å². The summed E-state index contributed by atoms with van der Waals surface area (Å²) in [6.07, 6.45) is -2.41. The molecule has 0 unspecified atom stereocenters. The summed E-state index contributed by atoms with van der Waals surface area (Å²) < 4.78 is 0. The van der Waals surface area contributed by atoms with Gasteiger partial charge in [-0.25, -0.2) is 0 Å². The Morgan fingerprint density at radius 1 is 0.655 bits per heavy atom. The number of hydrogen-bond acceptors (Lipinski definition) is 10. The number of carboxylic acid groups (broad SMARTS) is 3. The number of rotatable bonds is 25. The number of carbonyl (C=O) groups excluding carboxylic acids is 7. The number of nitrogens with one attached hydrogen (secondary N) is 6. The second kappa shape index (κ2) is 24.0. The molecule has 9 N–H and O–H groups in total. The van der Waals surface area contributed by atoms with Crippen LogP contribution in [0.25, 0.3) is 0 Å². The van der Waals surface area contributed by atoms with Crippen molar-refractivity contribution in [1.29, 1.82) is 0 Å². The number of amides is 6. The van der Waals surface area contributed by atoms with Crippen LogP contribution in [0.15, 0.2) is 24.3 Å². The molecule has 0 bridgehead atoms. The molecule has 0 radical (unpaired) electrons. The van der Waals surface area contributed by atoms with Gasteiger partial charge >= 0.3 is 17.9 Å². The predicted octanol–water partition coefficient (Wildman–Crippen LogP) is 0.352. The molecule has 0 aliphatic carbocycles. The van der Waals surface area contributed by atoms with E-state index >= 15 is 0 Å². The molecule has 0 aliphatic rings. The molecule has 0 heterocycles. The van der Waals surface area contributed by atoms with E-state index in [1.165, 1.54) is 0 Å². The average Bonchev–Trinajstić information content (AvgIpc) is 3.12. The Balaban J connectivity index is 3.54. The molecule has 322 valence electrons. The molecule has 1 rings (SSSR count). The molecule has 58 heavy (non-hydrogen) atoms. The third kappa shape index (κ3) is 18.4. The first-order valence-electron chi connectivity index (χ1n) is 18.9. The molecule has 1 aromatic rings. The Kier molecular flexibility index (Phi) is 20.8. The van der Waals surface area contributed by atoms with Gasteiger partial charge in [0.25, 0.3) is 0 Å². The molecule has 6 atom stereocenters. The second-order valence-electron chi connectivity index (χ2n) is 15.5. The number of hydrogen-bond donors (Lipinski definition) is 9. The Bertz CT molecular complexity index is 1660. The normalized spacial score (nSPS) is 14.3. The molecule has 0 fully saturated rings. The monoisotopic (exact) mass is 818 g/mol. The molecular formula is C39H58N6O13. The van der Waals surface area contributed by atoms with E-state index in [0.717, 1.165) is 5.56 Å². The summed E-state index contributed by atoms with van der Waals surface area (Å²) in [5.41, 5.74) is 0.357. The fourth-order valence-electron chi connectivity index (χ4n) is 5.61. The molecule has 19 heteroatoms. The van der Waals surface area contributed by atoms with Gasteiger partial charge in [-0.1, -0.05) is 65.8 Å². The van der Waals surface area contributed by atoms with Crippen LogP contribution in [0.1, 0.15) is 97.6 Å². The highest BCUT2D eigenvalue weighted by Gasteiger charge is 2.38. The third-order valence-corrected chi connectivity index (χ3v) is 8.88. The van der Waals surface area contributed by atoms with E-state index in [1.807, 2.05) is 13.8 Å². The van der Waals surface area contributed by atoms with E-state index in [9.17, 15) is 58.2 Å². The fourth-order valence-corrected chi connectivity index (χ4v) is 5.61. The molecule has 0 saturated carbocycles. The van der Waals surface area contributed by atoms with Crippen LogP contribution < -0.4 is 31.9 Å². The smallest absolute Gasteiger partial charge is 0.305 e. The lowest BCUT2D eigenvalue weighted by Gasteiger charge is -2.33. The number of benzene rings is 1. The summed E-state index contributed by atoms with van der Waals surface area (Å²) in [6.45, 7) is 12.1. The van der Waals surface area contributed by atoms with E-state index in [4.69, 9.17) is 5.11 Å². The first-order valence-corrected chi connectivity index (χ1v) is 18.9. The zero-order valence-electron chi connectivity index (χ0n) is 34.0. The van der Waals surface area contributed by atoms with Gasteiger partial charge in [0.1, 0.15) is 36.5 Å². The summed E-state index contributed by atoms with van der Waals surface area (Å²) in [6, 6.07) is -1.17. The Hall–Kier alpha value is -5.88. The summed E-state index contributed by atoms with van der Waals surface area (Å²) in [5.74, 6) is -9.67. The highest BCUT2D eigenvalue weighted by molar-refractivity contribution is 5.97. The van der Waals surface area contributed by atoms with E-state index in [0.29, 0.717) is 18.3 Å². The first kappa shape index (κ1) is 50.1. The van der Waals surface area contributed by atoms with Gasteiger partial charge in [0, 0.05) is 19.3 Å². The maximum atomic E-state index is 14.2. The van der Waals surface area contributed by atoms with Crippen LogP contribution in [-0.4, -0.2) is 111 Å². The lowest BCUT2D eigenvalue weighted by molar-refractivity contribution is -0.142. The molecule has 0 aromatic heterocycles. The highest BCUT2D eigenvalue weighted by Crippen LogP contribution is 2.21. The van der Waals surface area contributed by atoms with Crippen molar-refractivity contribution < 1.29 is 63.3 Å². The Morgan fingerprint density at radius 3 is 1.71 bits per heavy atom. The van der Waals surface area contributed by atoms with Crippen molar-refractivity contribution in [3.8, 4) is 0 Å². The van der Waals surface area contributed by atoms with Crippen LogP contribution in [0.3, 0.4) is 0 Å². The standard InChI is InChI=1S/C39H58N6O13/c1-8-24(20-46)40-35(55)26(17-21(2)3)44-38(58)33(39(5,6)7)45-37(57)27(18-23-12-10-9-11-22(23)4)43-34(54)25(13-15-30(48)49)42-36(56)28(19-32(52)53)41-29(47)14-16-31(50)51/h9-12,20-21,24-28,33H,8,13-19H2,1-7H3,(H,40,55)(H,41,47)(H,42,56)(H,43,54)(H,44,58)(H,45,57)(H,48,49)(H,50,51)(H,52,53)/t24-,25-,26-,27-,28-,33+/m0/s1. The largest absolute Gasteiger partial charge is 0.481 e. The fraction of sp³-hybridized carbons (Fsp3) is 0.590. The van der Waals surface area contributed by atoms with Gasteiger partial charge in [0.2, 0.25) is 35.4 Å². The van der Waals surface area contributed by atoms with Gasteiger partial charge < -0.3 is 52.0 Å². The van der Waals surface area contributed by atoms with Gasteiger partial charge in [-0.05, 0) is 48.6 Å². The van der Waals surface area contributed by atoms with Crippen LogP contribution in [0, 0.1) is 18.3 Å². The number of carboxylic acids is 3. The number of aldehydes is 1. The van der Waals surface area contributed by atoms with Crippen LogP contribution in [0.4, 0.5) is 0 Å². The Morgan fingerprint density at radius 2 is 1.19 bits per heavy atom. The zero-order chi connectivity index (χ0) is 44.3. The minimum atomic E-state index is -1.79. The zero-order valence-corrected chi connectivity index (χ0v) is 34.0.